The molecule has 0 radical (unpaired) electrons. The third kappa shape index (κ3) is 2.69. The average molecular weight is 348 g/mol. The van der Waals surface area contributed by atoms with E-state index < -0.39 is 5.82 Å². The number of nitrogens with one attached hydrogen (secondary N) is 1. The summed E-state index contributed by atoms with van der Waals surface area (Å²) >= 11 is 0. The molecule has 6 heteroatoms. The largest absolute Gasteiger partial charge is 0.320 e. The highest BCUT2D eigenvalue weighted by atomic mass is 19.1. The molecule has 4 aromatic rings. The lowest BCUT2D eigenvalue weighted by Gasteiger charge is -2.10. The number of carbonyl (C=O) groups is 1. The Labute approximate surface area is 149 Å². The van der Waals surface area contributed by atoms with E-state index in [1.165, 1.54) is 6.07 Å². The molecule has 0 spiro atoms. The molecule has 0 saturated heterocycles. The van der Waals surface area contributed by atoms with Crippen molar-refractivity contribution in [2.45, 2.75) is 20.8 Å². The first-order valence-electron chi connectivity index (χ1n) is 8.25. The Morgan fingerprint density at radius 1 is 1.04 bits per heavy atom. The standard InChI is InChI=1S/C20H17FN4O/c1-11-4-6-16(18-15(11)7-5-12(2)22-18)20(26)24-14-8-17(21)19-23-13(3)9-25(19)10-14/h4-10H,1-3H3,(H,24,26). The Kier molecular flexibility index (Phi) is 3.68. The second-order valence-electron chi connectivity index (χ2n) is 6.42. The van der Waals surface area contributed by atoms with Crippen molar-refractivity contribution in [1.29, 1.82) is 0 Å². The minimum atomic E-state index is -0.487. The van der Waals surface area contributed by atoms with Gasteiger partial charge in [0.1, 0.15) is 0 Å². The van der Waals surface area contributed by atoms with Crippen LogP contribution in [-0.4, -0.2) is 20.3 Å². The molecule has 5 nitrogen and oxygen atoms in total. The number of benzene rings is 1. The first kappa shape index (κ1) is 16.2. The molecule has 1 N–H and O–H groups in total. The maximum Gasteiger partial charge on any atom is 0.257 e. The molecule has 0 aliphatic rings. The van der Waals surface area contributed by atoms with E-state index in [4.69, 9.17) is 0 Å². The van der Waals surface area contributed by atoms with Crippen LogP contribution in [-0.2, 0) is 0 Å². The highest BCUT2D eigenvalue weighted by molar-refractivity contribution is 6.12. The number of hydrogen-bond donors (Lipinski definition) is 1. The van der Waals surface area contributed by atoms with Crippen molar-refractivity contribution in [3.8, 4) is 0 Å². The van der Waals surface area contributed by atoms with Crippen molar-refractivity contribution in [2.24, 2.45) is 0 Å². The molecule has 0 unspecified atom stereocenters. The molecule has 130 valence electrons. The lowest BCUT2D eigenvalue weighted by Crippen LogP contribution is -2.14. The Bertz CT molecular complexity index is 1180. The van der Waals surface area contributed by atoms with Crippen molar-refractivity contribution in [3.63, 3.8) is 0 Å². The van der Waals surface area contributed by atoms with Gasteiger partial charge in [-0.25, -0.2) is 9.37 Å². The van der Waals surface area contributed by atoms with Gasteiger partial charge in [0.25, 0.3) is 5.91 Å². The quantitative estimate of drug-likeness (QED) is 0.591. The number of rotatable bonds is 2. The van der Waals surface area contributed by atoms with E-state index in [0.717, 1.165) is 16.6 Å². The van der Waals surface area contributed by atoms with E-state index in [2.05, 4.69) is 15.3 Å². The fourth-order valence-electron chi connectivity index (χ4n) is 3.09. The van der Waals surface area contributed by atoms with Crippen LogP contribution in [0.1, 0.15) is 27.3 Å². The van der Waals surface area contributed by atoms with Crippen LogP contribution in [0.5, 0.6) is 0 Å². The first-order chi connectivity index (χ1) is 12.4. The van der Waals surface area contributed by atoms with E-state index in [-0.39, 0.29) is 11.6 Å². The number of fused-ring (bicyclic) bond motifs is 2. The summed E-state index contributed by atoms with van der Waals surface area (Å²) in [6.45, 7) is 5.65. The van der Waals surface area contributed by atoms with Crippen molar-refractivity contribution in [3.05, 3.63) is 71.1 Å². The summed E-state index contributed by atoms with van der Waals surface area (Å²) in [7, 11) is 0. The smallest absolute Gasteiger partial charge is 0.257 e. The highest BCUT2D eigenvalue weighted by Gasteiger charge is 2.15. The Hall–Kier alpha value is -3.28. The van der Waals surface area contributed by atoms with Gasteiger partial charge in [0.05, 0.1) is 22.5 Å². The summed E-state index contributed by atoms with van der Waals surface area (Å²) in [6, 6.07) is 8.78. The number of aryl methyl sites for hydroxylation is 3. The minimum Gasteiger partial charge on any atom is -0.320 e. The van der Waals surface area contributed by atoms with Crippen LogP contribution in [0, 0.1) is 26.6 Å². The predicted molar refractivity (Wildman–Crippen MR) is 99.1 cm³/mol. The molecular weight excluding hydrogens is 331 g/mol. The maximum atomic E-state index is 14.2. The van der Waals surface area contributed by atoms with Gasteiger partial charge in [-0.2, -0.15) is 0 Å². The molecule has 0 aliphatic carbocycles. The summed E-state index contributed by atoms with van der Waals surface area (Å²) in [4.78, 5) is 21.4. The van der Waals surface area contributed by atoms with Crippen molar-refractivity contribution in [2.75, 3.05) is 5.32 Å². The summed E-state index contributed by atoms with van der Waals surface area (Å²) in [5.41, 5.74) is 4.27. The van der Waals surface area contributed by atoms with Crippen LogP contribution in [0.15, 0.2) is 42.7 Å². The predicted octanol–water partition coefficient (Wildman–Crippen LogP) is 4.20. The molecule has 0 fully saturated rings. The Morgan fingerprint density at radius 3 is 2.65 bits per heavy atom. The van der Waals surface area contributed by atoms with Crippen LogP contribution in [0.2, 0.25) is 0 Å². The molecule has 0 atom stereocenters. The van der Waals surface area contributed by atoms with Gasteiger partial charge < -0.3 is 9.72 Å². The molecular formula is C20H17FN4O. The van der Waals surface area contributed by atoms with Gasteiger partial charge >= 0.3 is 0 Å². The van der Waals surface area contributed by atoms with E-state index in [1.807, 2.05) is 32.0 Å². The van der Waals surface area contributed by atoms with Crippen molar-refractivity contribution >= 4 is 28.1 Å². The minimum absolute atomic E-state index is 0.235. The lowest BCUT2D eigenvalue weighted by molar-refractivity contribution is 0.102. The molecule has 4 rings (SSSR count). The van der Waals surface area contributed by atoms with Gasteiger partial charge in [0, 0.05) is 29.5 Å². The number of nitrogens with zero attached hydrogens (tertiary/aromatic N) is 3. The Morgan fingerprint density at radius 2 is 1.85 bits per heavy atom. The SMILES string of the molecule is Cc1ccc2c(C)ccc(C(=O)Nc3cc(F)c4nc(C)cn4c3)c2n1. The van der Waals surface area contributed by atoms with Crippen molar-refractivity contribution in [1.82, 2.24) is 14.4 Å². The average Bonchev–Trinajstić information content (AvgIpc) is 2.95. The normalized spacial score (nSPS) is 11.2. The van der Waals surface area contributed by atoms with Gasteiger partial charge in [-0.05, 0) is 38.5 Å². The van der Waals surface area contributed by atoms with E-state index in [0.29, 0.717) is 22.5 Å². The third-order valence-corrected chi connectivity index (χ3v) is 4.34. The fourth-order valence-corrected chi connectivity index (χ4v) is 3.09. The molecule has 3 heterocycles. The number of pyridine rings is 2. The molecule has 0 bridgehead atoms. The second-order valence-corrected chi connectivity index (χ2v) is 6.42. The molecule has 1 amide bonds. The highest BCUT2D eigenvalue weighted by Crippen LogP contribution is 2.23. The summed E-state index contributed by atoms with van der Waals surface area (Å²) in [6.07, 6.45) is 3.35. The zero-order chi connectivity index (χ0) is 18.4. The van der Waals surface area contributed by atoms with Crippen molar-refractivity contribution < 1.29 is 9.18 Å². The first-order valence-corrected chi connectivity index (χ1v) is 8.25. The number of anilines is 1. The topological polar surface area (TPSA) is 59.3 Å². The summed E-state index contributed by atoms with van der Waals surface area (Å²) < 4.78 is 15.8. The van der Waals surface area contributed by atoms with Crippen LogP contribution in [0.3, 0.4) is 0 Å². The van der Waals surface area contributed by atoms with Crippen LogP contribution >= 0.6 is 0 Å². The molecule has 3 aromatic heterocycles. The second kappa shape index (κ2) is 5.91. The molecule has 26 heavy (non-hydrogen) atoms. The zero-order valence-electron chi connectivity index (χ0n) is 14.7. The van der Waals surface area contributed by atoms with Gasteiger partial charge in [-0.1, -0.05) is 12.1 Å². The van der Waals surface area contributed by atoms with E-state index in [9.17, 15) is 9.18 Å². The zero-order valence-corrected chi connectivity index (χ0v) is 14.7. The van der Waals surface area contributed by atoms with Gasteiger partial charge in [0.2, 0.25) is 0 Å². The maximum absolute atomic E-state index is 14.2. The Balaban J connectivity index is 1.76. The molecule has 0 saturated carbocycles. The lowest BCUT2D eigenvalue weighted by atomic mass is 10.0. The van der Waals surface area contributed by atoms with Crippen LogP contribution in [0.25, 0.3) is 16.6 Å². The van der Waals surface area contributed by atoms with Gasteiger partial charge in [-0.15, -0.1) is 0 Å². The summed E-state index contributed by atoms with van der Waals surface area (Å²) in [5.74, 6) is -0.817. The van der Waals surface area contributed by atoms with Crippen LogP contribution < -0.4 is 5.32 Å². The number of hydrogen-bond acceptors (Lipinski definition) is 3. The molecule has 0 aliphatic heterocycles. The third-order valence-electron chi connectivity index (χ3n) is 4.34. The summed E-state index contributed by atoms with van der Waals surface area (Å²) in [5, 5.41) is 3.69. The number of imidazole rings is 1. The molecule has 1 aromatic carbocycles. The monoisotopic (exact) mass is 348 g/mol. The number of halogens is 1. The number of amides is 1. The van der Waals surface area contributed by atoms with Gasteiger partial charge in [-0.3, -0.25) is 9.78 Å². The van der Waals surface area contributed by atoms with Crippen LogP contribution in [0.4, 0.5) is 10.1 Å². The fraction of sp³-hybridized carbons (Fsp3) is 0.150. The van der Waals surface area contributed by atoms with Gasteiger partial charge in [0.15, 0.2) is 11.5 Å². The van der Waals surface area contributed by atoms with E-state index >= 15 is 0 Å². The number of carbonyl (C=O) groups excluding carboxylic acids is 1. The van der Waals surface area contributed by atoms with E-state index in [1.54, 1.807) is 29.8 Å². The number of aromatic nitrogens is 3.